The van der Waals surface area contributed by atoms with E-state index in [1.807, 2.05) is 0 Å². The number of carbonyl (C=O) groups excluding carboxylic acids is 2. The van der Waals surface area contributed by atoms with Crippen LogP contribution >= 0.6 is 0 Å². The van der Waals surface area contributed by atoms with Gasteiger partial charge in [-0.05, 0) is 24.7 Å². The summed E-state index contributed by atoms with van der Waals surface area (Å²) in [5.74, 6) is 0.450. The van der Waals surface area contributed by atoms with Gasteiger partial charge in [-0.1, -0.05) is 0 Å². The molecule has 2 amide bonds. The molecular formula is C16H21N7O2. The van der Waals surface area contributed by atoms with Gasteiger partial charge in [-0.3, -0.25) is 9.59 Å². The Balaban J connectivity index is 1.48. The molecule has 0 radical (unpaired) electrons. The maximum Gasteiger partial charge on any atom is 0.237 e. The Kier molecular flexibility index (Phi) is 3.78. The topological polar surface area (TPSA) is 121 Å². The third kappa shape index (κ3) is 2.90. The molecule has 2 fully saturated rings. The number of aromatic amines is 1. The molecule has 0 bridgehead atoms. The number of nitrogens with zero attached hydrogens (tertiary/aromatic N) is 5. The minimum Gasteiger partial charge on any atom is -0.368 e. The maximum absolute atomic E-state index is 12.0. The molecular weight excluding hydrogens is 322 g/mol. The number of nitrogens with two attached hydrogens (primary N) is 1. The zero-order chi connectivity index (χ0) is 17.4. The van der Waals surface area contributed by atoms with Crippen molar-refractivity contribution in [3.63, 3.8) is 0 Å². The third-order valence-electron chi connectivity index (χ3n) is 5.42. The lowest BCUT2D eigenvalue weighted by molar-refractivity contribution is -0.141. The molecule has 3 N–H and O–H groups in total. The number of H-pyrrole nitrogens is 1. The van der Waals surface area contributed by atoms with Crippen molar-refractivity contribution in [1.82, 2.24) is 24.8 Å². The monoisotopic (exact) mass is 343 g/mol. The number of fused-ring (bicyclic) bond motifs is 1. The number of primary amides is 1. The van der Waals surface area contributed by atoms with Crippen LogP contribution in [-0.4, -0.2) is 62.8 Å². The second kappa shape index (κ2) is 5.98. The summed E-state index contributed by atoms with van der Waals surface area (Å²) in [5, 5.41) is 0. The van der Waals surface area contributed by atoms with Gasteiger partial charge in [-0.15, -0.1) is 0 Å². The minimum atomic E-state index is -0.453. The van der Waals surface area contributed by atoms with Crippen molar-refractivity contribution in [1.29, 1.82) is 0 Å². The third-order valence-corrected chi connectivity index (χ3v) is 5.42. The molecule has 2 aromatic rings. The van der Waals surface area contributed by atoms with E-state index in [9.17, 15) is 9.59 Å². The molecule has 0 aliphatic carbocycles. The Labute approximate surface area is 144 Å². The minimum absolute atomic E-state index is 0.0188. The molecule has 4 rings (SSSR count). The van der Waals surface area contributed by atoms with E-state index >= 15 is 0 Å². The molecule has 25 heavy (non-hydrogen) atoms. The zero-order valence-corrected chi connectivity index (χ0v) is 13.9. The SMILES string of the molecule is NC(=O)CN1CC2(CCC1=O)CCN(c1ncnc3nc[nH]c13)CC2. The highest BCUT2D eigenvalue weighted by Crippen LogP contribution is 2.41. The summed E-state index contributed by atoms with van der Waals surface area (Å²) in [5.41, 5.74) is 6.87. The molecule has 0 unspecified atom stereocenters. The van der Waals surface area contributed by atoms with Crippen LogP contribution in [0.3, 0.4) is 0 Å². The molecule has 2 aliphatic heterocycles. The second-order valence-corrected chi connectivity index (χ2v) is 7.00. The summed E-state index contributed by atoms with van der Waals surface area (Å²) in [7, 11) is 0. The number of aromatic nitrogens is 4. The number of imidazole rings is 1. The van der Waals surface area contributed by atoms with E-state index in [0.717, 1.165) is 43.7 Å². The van der Waals surface area contributed by atoms with Crippen molar-refractivity contribution in [2.24, 2.45) is 11.1 Å². The Morgan fingerprint density at radius 2 is 2.04 bits per heavy atom. The number of likely N-dealkylation sites (tertiary alicyclic amines) is 1. The maximum atomic E-state index is 12.0. The highest BCUT2D eigenvalue weighted by molar-refractivity contribution is 5.84. The number of carbonyl (C=O) groups is 2. The van der Waals surface area contributed by atoms with Crippen LogP contribution in [0.1, 0.15) is 25.7 Å². The standard InChI is InChI=1S/C16H21N7O2/c17-11(24)7-23-8-16(2-1-12(23)25)3-5-22(6-4-16)15-13-14(19-9-18-13)20-10-21-15/h9-10H,1-8H2,(H2,17,24)(H,18,19,20,21). The number of hydrogen-bond acceptors (Lipinski definition) is 6. The molecule has 132 valence electrons. The predicted octanol–water partition coefficient (Wildman–Crippen LogP) is 0.0472. The number of piperidine rings is 2. The number of anilines is 1. The summed E-state index contributed by atoms with van der Waals surface area (Å²) in [4.78, 5) is 43.0. The first kappa shape index (κ1) is 15.8. The van der Waals surface area contributed by atoms with Gasteiger partial charge in [0, 0.05) is 26.1 Å². The summed E-state index contributed by atoms with van der Waals surface area (Å²) < 4.78 is 0. The van der Waals surface area contributed by atoms with E-state index in [1.165, 1.54) is 6.33 Å². The van der Waals surface area contributed by atoms with Crippen molar-refractivity contribution < 1.29 is 9.59 Å². The summed E-state index contributed by atoms with van der Waals surface area (Å²) in [6.45, 7) is 2.34. The Hall–Kier alpha value is -2.71. The lowest BCUT2D eigenvalue weighted by Crippen LogP contribution is -2.53. The number of amides is 2. The largest absolute Gasteiger partial charge is 0.368 e. The molecule has 1 spiro atoms. The van der Waals surface area contributed by atoms with Crippen LogP contribution in [-0.2, 0) is 9.59 Å². The van der Waals surface area contributed by atoms with Gasteiger partial charge in [0.25, 0.3) is 0 Å². The van der Waals surface area contributed by atoms with Gasteiger partial charge in [0.2, 0.25) is 11.8 Å². The Bertz CT molecular complexity index is 810. The van der Waals surface area contributed by atoms with Gasteiger partial charge in [-0.25, -0.2) is 15.0 Å². The van der Waals surface area contributed by atoms with Crippen LogP contribution < -0.4 is 10.6 Å². The Morgan fingerprint density at radius 1 is 1.24 bits per heavy atom. The molecule has 0 aromatic carbocycles. The van der Waals surface area contributed by atoms with Crippen molar-refractivity contribution in [3.05, 3.63) is 12.7 Å². The molecule has 2 aromatic heterocycles. The average molecular weight is 343 g/mol. The molecule has 2 aliphatic rings. The van der Waals surface area contributed by atoms with Crippen LogP contribution in [0.4, 0.5) is 5.82 Å². The quantitative estimate of drug-likeness (QED) is 0.812. The summed E-state index contributed by atoms with van der Waals surface area (Å²) in [6, 6.07) is 0. The van der Waals surface area contributed by atoms with Gasteiger partial charge in [-0.2, -0.15) is 0 Å². The van der Waals surface area contributed by atoms with E-state index in [2.05, 4.69) is 24.8 Å². The fourth-order valence-corrected chi connectivity index (χ4v) is 4.03. The van der Waals surface area contributed by atoms with Crippen LogP contribution in [0.2, 0.25) is 0 Å². The smallest absolute Gasteiger partial charge is 0.237 e. The molecule has 9 heteroatoms. The van der Waals surface area contributed by atoms with E-state index in [-0.39, 0.29) is 17.9 Å². The first-order chi connectivity index (χ1) is 12.1. The van der Waals surface area contributed by atoms with Crippen LogP contribution in [0, 0.1) is 5.41 Å². The van der Waals surface area contributed by atoms with Crippen molar-refractivity contribution in [3.8, 4) is 0 Å². The van der Waals surface area contributed by atoms with Crippen molar-refractivity contribution in [2.45, 2.75) is 25.7 Å². The fraction of sp³-hybridized carbons (Fsp3) is 0.562. The number of nitrogens with one attached hydrogen (secondary N) is 1. The lowest BCUT2D eigenvalue weighted by atomic mass is 9.72. The molecule has 2 saturated heterocycles. The van der Waals surface area contributed by atoms with Crippen LogP contribution in [0.15, 0.2) is 12.7 Å². The predicted molar refractivity (Wildman–Crippen MR) is 90.6 cm³/mol. The first-order valence-electron chi connectivity index (χ1n) is 8.51. The molecule has 0 saturated carbocycles. The van der Waals surface area contributed by atoms with Crippen molar-refractivity contribution >= 4 is 28.8 Å². The van der Waals surface area contributed by atoms with E-state index in [4.69, 9.17) is 5.73 Å². The Morgan fingerprint density at radius 3 is 2.80 bits per heavy atom. The first-order valence-corrected chi connectivity index (χ1v) is 8.51. The molecule has 4 heterocycles. The van der Waals surface area contributed by atoms with Gasteiger partial charge in [0.15, 0.2) is 11.5 Å². The van der Waals surface area contributed by atoms with Crippen molar-refractivity contribution in [2.75, 3.05) is 31.1 Å². The molecule has 9 nitrogen and oxygen atoms in total. The van der Waals surface area contributed by atoms with Crippen LogP contribution in [0.25, 0.3) is 11.2 Å². The van der Waals surface area contributed by atoms with E-state index < -0.39 is 5.91 Å². The molecule has 0 atom stereocenters. The van der Waals surface area contributed by atoms with E-state index in [0.29, 0.717) is 18.6 Å². The van der Waals surface area contributed by atoms with Gasteiger partial charge >= 0.3 is 0 Å². The zero-order valence-electron chi connectivity index (χ0n) is 13.9. The van der Waals surface area contributed by atoms with E-state index in [1.54, 1.807) is 11.2 Å². The normalized spacial score (nSPS) is 20.4. The van der Waals surface area contributed by atoms with Gasteiger partial charge in [0.1, 0.15) is 11.8 Å². The lowest BCUT2D eigenvalue weighted by Gasteiger charge is -2.47. The van der Waals surface area contributed by atoms with Gasteiger partial charge < -0.3 is 20.5 Å². The van der Waals surface area contributed by atoms with Gasteiger partial charge in [0.05, 0.1) is 12.9 Å². The highest BCUT2D eigenvalue weighted by atomic mass is 16.2. The summed E-state index contributed by atoms with van der Waals surface area (Å²) in [6.07, 6.45) is 6.44. The highest BCUT2D eigenvalue weighted by Gasteiger charge is 2.41. The number of hydrogen-bond donors (Lipinski definition) is 2. The summed E-state index contributed by atoms with van der Waals surface area (Å²) >= 11 is 0. The number of rotatable bonds is 3. The fourth-order valence-electron chi connectivity index (χ4n) is 4.03. The van der Waals surface area contributed by atoms with Crippen LogP contribution in [0.5, 0.6) is 0 Å². The average Bonchev–Trinajstić information content (AvgIpc) is 3.07. The second-order valence-electron chi connectivity index (χ2n) is 7.00.